The number of Topliss-reactive ketones (excluding diaryl/α,β-unsaturated/α-hetero) is 1. The lowest BCUT2D eigenvalue weighted by Gasteiger charge is -2.17. The van der Waals surface area contributed by atoms with Gasteiger partial charge in [-0.05, 0) is 31.8 Å². The summed E-state index contributed by atoms with van der Waals surface area (Å²) in [7, 11) is 0. The first kappa shape index (κ1) is 17.6. The zero-order chi connectivity index (χ0) is 15.0. The molecule has 0 aromatic rings. The maximum atomic E-state index is 12.1. The molecule has 0 spiro atoms. The number of ketones is 1. The van der Waals surface area contributed by atoms with E-state index in [0.717, 1.165) is 25.7 Å². The number of carbonyl (C=O) groups excluding carboxylic acids is 1. The van der Waals surface area contributed by atoms with Crippen LogP contribution in [0.5, 0.6) is 0 Å². The van der Waals surface area contributed by atoms with Gasteiger partial charge in [0, 0.05) is 11.1 Å². The second-order valence-corrected chi connectivity index (χ2v) is 5.14. The Labute approximate surface area is 116 Å². The van der Waals surface area contributed by atoms with Gasteiger partial charge in [-0.3, -0.25) is 4.79 Å². The van der Waals surface area contributed by atoms with Crippen LogP contribution < -0.4 is 0 Å². The highest BCUT2D eigenvalue weighted by Gasteiger charge is 2.20. The van der Waals surface area contributed by atoms with Crippen LogP contribution in [0.3, 0.4) is 0 Å². The summed E-state index contributed by atoms with van der Waals surface area (Å²) in [4.78, 5) is 23.2. The van der Waals surface area contributed by atoms with Crippen molar-refractivity contribution >= 4 is 11.8 Å². The van der Waals surface area contributed by atoms with E-state index in [1.54, 1.807) is 6.92 Å². The Morgan fingerprint density at radius 2 is 1.79 bits per heavy atom. The third kappa shape index (κ3) is 5.86. The fourth-order valence-electron chi connectivity index (χ4n) is 2.03. The summed E-state index contributed by atoms with van der Waals surface area (Å²) < 4.78 is 0. The molecule has 0 rings (SSSR count). The molecule has 0 heterocycles. The van der Waals surface area contributed by atoms with Gasteiger partial charge in [0.25, 0.3) is 0 Å². The van der Waals surface area contributed by atoms with Crippen LogP contribution in [0.25, 0.3) is 0 Å². The zero-order valence-electron chi connectivity index (χ0n) is 12.6. The molecule has 0 saturated carbocycles. The second-order valence-electron chi connectivity index (χ2n) is 5.14. The van der Waals surface area contributed by atoms with E-state index in [9.17, 15) is 9.59 Å². The highest BCUT2D eigenvalue weighted by atomic mass is 16.4. The number of allylic oxidation sites excluding steroid dienone is 2. The molecule has 0 radical (unpaired) electrons. The van der Waals surface area contributed by atoms with Crippen LogP contribution in [0.4, 0.5) is 0 Å². The summed E-state index contributed by atoms with van der Waals surface area (Å²) in [5.74, 6) is -0.864. The van der Waals surface area contributed by atoms with Crippen LogP contribution in [0.1, 0.15) is 59.8 Å². The maximum absolute atomic E-state index is 12.1. The van der Waals surface area contributed by atoms with Crippen LogP contribution in [-0.4, -0.2) is 16.9 Å². The Bertz CT molecular complexity index is 377. The van der Waals surface area contributed by atoms with Crippen LogP contribution in [0.15, 0.2) is 23.3 Å². The third-order valence-corrected chi connectivity index (χ3v) is 3.47. The molecule has 0 aromatic heterocycles. The van der Waals surface area contributed by atoms with Crippen LogP contribution in [0.2, 0.25) is 0 Å². The highest BCUT2D eigenvalue weighted by molar-refractivity contribution is 6.11. The Morgan fingerprint density at radius 3 is 2.16 bits per heavy atom. The Morgan fingerprint density at radius 1 is 1.21 bits per heavy atom. The predicted molar refractivity (Wildman–Crippen MR) is 78.1 cm³/mol. The molecule has 3 heteroatoms. The fraction of sp³-hybridized carbons (Fsp3) is 0.625. The SMILES string of the molecule is C=C(C)C(=O)C(CC(CC)CCCC)=C(C)C(=O)O. The van der Waals surface area contributed by atoms with Gasteiger partial charge < -0.3 is 5.11 Å². The first-order valence-electron chi connectivity index (χ1n) is 6.98. The van der Waals surface area contributed by atoms with Crippen molar-refractivity contribution in [2.75, 3.05) is 0 Å². The Balaban J connectivity index is 5.16. The average molecular weight is 266 g/mol. The summed E-state index contributed by atoms with van der Waals surface area (Å²) >= 11 is 0. The molecule has 1 unspecified atom stereocenters. The fourth-order valence-corrected chi connectivity index (χ4v) is 2.03. The Kier molecular flexibility index (Phi) is 8.05. The van der Waals surface area contributed by atoms with E-state index in [1.165, 1.54) is 6.92 Å². The zero-order valence-corrected chi connectivity index (χ0v) is 12.6. The highest BCUT2D eigenvalue weighted by Crippen LogP contribution is 2.25. The molecule has 0 aliphatic carbocycles. The molecule has 3 nitrogen and oxygen atoms in total. The monoisotopic (exact) mass is 266 g/mol. The number of carboxylic acid groups (broad SMARTS) is 1. The van der Waals surface area contributed by atoms with E-state index in [2.05, 4.69) is 20.4 Å². The minimum absolute atomic E-state index is 0.156. The Hall–Kier alpha value is -1.38. The predicted octanol–water partition coefficient (Wildman–Crippen LogP) is 4.14. The molecule has 0 saturated heterocycles. The molecule has 19 heavy (non-hydrogen) atoms. The smallest absolute Gasteiger partial charge is 0.331 e. The van der Waals surface area contributed by atoms with Gasteiger partial charge in [-0.15, -0.1) is 0 Å². The first-order chi connectivity index (χ1) is 8.84. The van der Waals surface area contributed by atoms with Crippen LogP contribution in [0, 0.1) is 5.92 Å². The van der Waals surface area contributed by atoms with Gasteiger partial charge in [-0.2, -0.15) is 0 Å². The number of hydrogen-bond donors (Lipinski definition) is 1. The third-order valence-electron chi connectivity index (χ3n) is 3.47. The molecule has 108 valence electrons. The number of unbranched alkanes of at least 4 members (excludes halogenated alkanes) is 1. The van der Waals surface area contributed by atoms with Crippen molar-refractivity contribution in [3.8, 4) is 0 Å². The number of carbonyl (C=O) groups is 2. The summed E-state index contributed by atoms with van der Waals surface area (Å²) in [6.07, 6.45) is 4.76. The van der Waals surface area contributed by atoms with Crippen molar-refractivity contribution in [3.05, 3.63) is 23.3 Å². The van der Waals surface area contributed by atoms with E-state index in [0.29, 0.717) is 23.5 Å². The van der Waals surface area contributed by atoms with Gasteiger partial charge in [0.05, 0.1) is 0 Å². The van der Waals surface area contributed by atoms with Gasteiger partial charge >= 0.3 is 5.97 Å². The average Bonchev–Trinajstić information content (AvgIpc) is 2.37. The van der Waals surface area contributed by atoms with Gasteiger partial charge in [0.1, 0.15) is 0 Å². The van der Waals surface area contributed by atoms with E-state index < -0.39 is 5.97 Å². The molecular formula is C16H26O3. The van der Waals surface area contributed by atoms with Crippen molar-refractivity contribution in [1.82, 2.24) is 0 Å². The van der Waals surface area contributed by atoms with Crippen LogP contribution >= 0.6 is 0 Å². The standard InChI is InChI=1S/C16H26O3/c1-6-8-9-13(7-2)10-14(12(5)16(18)19)15(17)11(3)4/h13H,3,6-10H2,1-2,4-5H3,(H,18,19). The molecule has 0 aliphatic rings. The summed E-state index contributed by atoms with van der Waals surface area (Å²) in [6, 6.07) is 0. The van der Waals surface area contributed by atoms with E-state index in [-0.39, 0.29) is 11.4 Å². The molecule has 0 fully saturated rings. The molecule has 0 amide bonds. The van der Waals surface area contributed by atoms with Gasteiger partial charge in [-0.25, -0.2) is 4.79 Å². The minimum Gasteiger partial charge on any atom is -0.478 e. The number of hydrogen-bond acceptors (Lipinski definition) is 2. The largest absolute Gasteiger partial charge is 0.478 e. The van der Waals surface area contributed by atoms with Crippen LogP contribution in [-0.2, 0) is 9.59 Å². The quantitative estimate of drug-likeness (QED) is 0.638. The summed E-state index contributed by atoms with van der Waals surface area (Å²) in [6.45, 7) is 11.0. The number of carboxylic acids is 1. The molecular weight excluding hydrogens is 240 g/mol. The number of rotatable bonds is 9. The molecule has 0 bridgehead atoms. The second kappa shape index (κ2) is 8.68. The molecule has 0 aliphatic heterocycles. The molecule has 1 atom stereocenters. The minimum atomic E-state index is -1.02. The van der Waals surface area contributed by atoms with Gasteiger partial charge in [0.15, 0.2) is 5.78 Å². The topological polar surface area (TPSA) is 54.4 Å². The van der Waals surface area contributed by atoms with Gasteiger partial charge in [0.2, 0.25) is 0 Å². The van der Waals surface area contributed by atoms with E-state index in [1.807, 2.05) is 0 Å². The number of aliphatic carboxylic acids is 1. The molecule has 0 aromatic carbocycles. The van der Waals surface area contributed by atoms with Crippen molar-refractivity contribution in [2.24, 2.45) is 5.92 Å². The van der Waals surface area contributed by atoms with E-state index in [4.69, 9.17) is 5.11 Å². The lowest BCUT2D eigenvalue weighted by Crippen LogP contribution is -2.14. The summed E-state index contributed by atoms with van der Waals surface area (Å²) in [5, 5.41) is 9.10. The van der Waals surface area contributed by atoms with Crippen molar-refractivity contribution in [3.63, 3.8) is 0 Å². The first-order valence-corrected chi connectivity index (χ1v) is 6.98. The van der Waals surface area contributed by atoms with Crippen molar-refractivity contribution in [2.45, 2.75) is 59.8 Å². The van der Waals surface area contributed by atoms with Crippen molar-refractivity contribution < 1.29 is 14.7 Å². The lowest BCUT2D eigenvalue weighted by atomic mass is 9.87. The normalized spacial score (nSPS) is 13.7. The lowest BCUT2D eigenvalue weighted by molar-refractivity contribution is -0.133. The molecule has 1 N–H and O–H groups in total. The summed E-state index contributed by atoms with van der Waals surface area (Å²) in [5.41, 5.74) is 0.979. The maximum Gasteiger partial charge on any atom is 0.331 e. The van der Waals surface area contributed by atoms with Gasteiger partial charge in [-0.1, -0.05) is 46.1 Å². The van der Waals surface area contributed by atoms with E-state index >= 15 is 0 Å². The van der Waals surface area contributed by atoms with Crippen molar-refractivity contribution in [1.29, 1.82) is 0 Å².